The van der Waals surface area contributed by atoms with E-state index in [0.29, 0.717) is 19.4 Å². The lowest BCUT2D eigenvalue weighted by Crippen LogP contribution is -2.45. The highest BCUT2D eigenvalue weighted by atomic mass is 19.4. The number of carbonyl (C=O) groups excluding carboxylic acids is 1. The van der Waals surface area contributed by atoms with Crippen molar-refractivity contribution in [3.63, 3.8) is 0 Å². The number of carbonyl (C=O) groups is 1. The summed E-state index contributed by atoms with van der Waals surface area (Å²) in [4.78, 5) is 20.5. The molecule has 1 amide bonds. The van der Waals surface area contributed by atoms with Gasteiger partial charge in [-0.15, -0.1) is 0 Å². The van der Waals surface area contributed by atoms with Crippen molar-refractivity contribution >= 4 is 5.91 Å². The van der Waals surface area contributed by atoms with Crippen LogP contribution >= 0.6 is 0 Å². The first-order valence-corrected chi connectivity index (χ1v) is 6.22. The zero-order chi connectivity index (χ0) is 14.6. The summed E-state index contributed by atoms with van der Waals surface area (Å²) in [6.07, 6.45) is -2.00. The van der Waals surface area contributed by atoms with Gasteiger partial charge in [-0.2, -0.15) is 13.2 Å². The van der Waals surface area contributed by atoms with E-state index in [2.05, 4.69) is 9.97 Å². The predicted molar refractivity (Wildman–Crippen MR) is 62.9 cm³/mol. The highest BCUT2D eigenvalue weighted by Crippen LogP contribution is 2.23. The van der Waals surface area contributed by atoms with Gasteiger partial charge in [-0.05, 0) is 18.9 Å². The van der Waals surface area contributed by atoms with E-state index in [1.807, 2.05) is 0 Å². The largest absolute Gasteiger partial charge is 0.458 e. The van der Waals surface area contributed by atoms with Crippen LogP contribution in [-0.4, -0.2) is 46.1 Å². The highest BCUT2D eigenvalue weighted by molar-refractivity contribution is 5.77. The Hall–Kier alpha value is -1.86. The minimum atomic E-state index is -4.48. The van der Waals surface area contributed by atoms with Crippen molar-refractivity contribution in [2.45, 2.75) is 31.5 Å². The van der Waals surface area contributed by atoms with Crippen molar-refractivity contribution in [1.82, 2.24) is 14.9 Å². The van der Waals surface area contributed by atoms with Crippen LogP contribution in [0.5, 0.6) is 6.01 Å². The number of aromatic nitrogens is 2. The number of rotatable bonds is 3. The van der Waals surface area contributed by atoms with Crippen molar-refractivity contribution in [3.05, 3.63) is 18.5 Å². The molecule has 20 heavy (non-hydrogen) atoms. The van der Waals surface area contributed by atoms with E-state index in [4.69, 9.17) is 4.74 Å². The zero-order valence-electron chi connectivity index (χ0n) is 10.6. The Balaban J connectivity index is 1.90. The average molecular weight is 289 g/mol. The van der Waals surface area contributed by atoms with E-state index in [1.54, 1.807) is 6.07 Å². The van der Waals surface area contributed by atoms with Crippen LogP contribution in [0.3, 0.4) is 0 Å². The Morgan fingerprint density at radius 3 is 2.75 bits per heavy atom. The van der Waals surface area contributed by atoms with Gasteiger partial charge in [0.15, 0.2) is 0 Å². The molecule has 1 aliphatic rings. The maximum Gasteiger partial charge on any atom is 0.397 e. The summed E-state index contributed by atoms with van der Waals surface area (Å²) in [5, 5.41) is 0. The molecule has 110 valence electrons. The first-order chi connectivity index (χ1) is 9.44. The van der Waals surface area contributed by atoms with Crippen molar-refractivity contribution < 1.29 is 22.7 Å². The van der Waals surface area contributed by atoms with Crippen LogP contribution in [0.4, 0.5) is 13.2 Å². The van der Waals surface area contributed by atoms with Crippen molar-refractivity contribution in [2.75, 3.05) is 13.1 Å². The van der Waals surface area contributed by atoms with E-state index in [1.165, 1.54) is 17.3 Å². The highest BCUT2D eigenvalue weighted by Gasteiger charge is 2.35. The standard InChI is InChI=1S/C12H14F3N3O2/c13-12(14,15)7-10(19)18-6-1-3-9(8-18)20-11-16-4-2-5-17-11/h2,4-5,9H,1,3,6-8H2/t9-/m0/s1. The molecule has 1 fully saturated rings. The Labute approximate surface area is 113 Å². The van der Waals surface area contributed by atoms with Gasteiger partial charge >= 0.3 is 12.2 Å². The minimum Gasteiger partial charge on any atom is -0.458 e. The monoisotopic (exact) mass is 289 g/mol. The number of ether oxygens (including phenoxy) is 1. The molecule has 1 aromatic rings. The van der Waals surface area contributed by atoms with Gasteiger partial charge in [0.2, 0.25) is 5.91 Å². The van der Waals surface area contributed by atoms with Crippen LogP contribution < -0.4 is 4.74 Å². The average Bonchev–Trinajstić information content (AvgIpc) is 2.38. The summed E-state index contributed by atoms with van der Waals surface area (Å²) in [5.74, 6) is -0.917. The summed E-state index contributed by atoms with van der Waals surface area (Å²) >= 11 is 0. The molecule has 0 radical (unpaired) electrons. The summed E-state index contributed by atoms with van der Waals surface area (Å²) in [6, 6.07) is 1.80. The van der Waals surface area contributed by atoms with E-state index in [0.717, 1.165) is 0 Å². The van der Waals surface area contributed by atoms with Gasteiger partial charge in [-0.1, -0.05) is 0 Å². The molecular weight excluding hydrogens is 275 g/mol. The molecule has 5 nitrogen and oxygen atoms in total. The second-order valence-electron chi connectivity index (χ2n) is 4.55. The van der Waals surface area contributed by atoms with Crippen LogP contribution in [-0.2, 0) is 4.79 Å². The summed E-state index contributed by atoms with van der Waals surface area (Å²) in [7, 11) is 0. The van der Waals surface area contributed by atoms with Gasteiger partial charge in [0.25, 0.3) is 0 Å². The number of nitrogens with zero attached hydrogens (tertiary/aromatic N) is 3. The lowest BCUT2D eigenvalue weighted by atomic mass is 10.1. The Morgan fingerprint density at radius 2 is 2.10 bits per heavy atom. The number of piperidine rings is 1. The van der Waals surface area contributed by atoms with E-state index in [9.17, 15) is 18.0 Å². The number of hydrogen-bond acceptors (Lipinski definition) is 4. The van der Waals surface area contributed by atoms with Crippen molar-refractivity contribution in [3.8, 4) is 6.01 Å². The van der Waals surface area contributed by atoms with E-state index < -0.39 is 18.5 Å². The predicted octanol–water partition coefficient (Wildman–Crippen LogP) is 1.80. The molecule has 0 aliphatic carbocycles. The number of alkyl halides is 3. The minimum absolute atomic E-state index is 0.132. The second-order valence-corrected chi connectivity index (χ2v) is 4.55. The van der Waals surface area contributed by atoms with Crippen LogP contribution in [0.25, 0.3) is 0 Å². The molecule has 1 aromatic heterocycles. The normalized spacial score (nSPS) is 19.8. The lowest BCUT2D eigenvalue weighted by Gasteiger charge is -2.32. The Morgan fingerprint density at radius 1 is 1.40 bits per heavy atom. The molecule has 1 aliphatic heterocycles. The molecule has 0 bridgehead atoms. The summed E-state index contributed by atoms with van der Waals surface area (Å²) < 4.78 is 42.1. The summed E-state index contributed by atoms with van der Waals surface area (Å²) in [6.45, 7) is 0.456. The number of hydrogen-bond donors (Lipinski definition) is 0. The first-order valence-electron chi connectivity index (χ1n) is 6.22. The summed E-state index contributed by atoms with van der Waals surface area (Å²) in [5.41, 5.74) is 0. The third-order valence-electron chi connectivity index (χ3n) is 2.90. The first kappa shape index (κ1) is 14.5. The van der Waals surface area contributed by atoms with E-state index in [-0.39, 0.29) is 18.7 Å². The fraction of sp³-hybridized carbons (Fsp3) is 0.583. The Bertz CT molecular complexity index is 453. The number of likely N-dealkylation sites (tertiary alicyclic amines) is 1. The second kappa shape index (κ2) is 6.06. The van der Waals surface area contributed by atoms with E-state index >= 15 is 0 Å². The fourth-order valence-electron chi connectivity index (χ4n) is 2.04. The van der Waals surface area contributed by atoms with Gasteiger partial charge in [0, 0.05) is 18.9 Å². The third kappa shape index (κ3) is 4.36. The molecule has 0 unspecified atom stereocenters. The molecule has 2 rings (SSSR count). The van der Waals surface area contributed by atoms with Gasteiger partial charge < -0.3 is 9.64 Å². The SMILES string of the molecule is O=C(CC(F)(F)F)N1CCC[C@H](Oc2ncccn2)C1. The Kier molecular flexibility index (Phi) is 4.41. The molecule has 0 saturated carbocycles. The molecule has 0 N–H and O–H groups in total. The number of halogens is 3. The van der Waals surface area contributed by atoms with Gasteiger partial charge in [0.05, 0.1) is 6.54 Å². The van der Waals surface area contributed by atoms with Crippen LogP contribution in [0.2, 0.25) is 0 Å². The van der Waals surface area contributed by atoms with Crippen LogP contribution in [0.15, 0.2) is 18.5 Å². The molecular formula is C12H14F3N3O2. The maximum absolute atomic E-state index is 12.2. The molecule has 1 atom stereocenters. The maximum atomic E-state index is 12.2. The van der Waals surface area contributed by atoms with Crippen molar-refractivity contribution in [1.29, 1.82) is 0 Å². The molecule has 0 spiro atoms. The van der Waals surface area contributed by atoms with Gasteiger partial charge in [-0.3, -0.25) is 4.79 Å². The number of amides is 1. The zero-order valence-corrected chi connectivity index (χ0v) is 10.6. The van der Waals surface area contributed by atoms with Gasteiger partial charge in [-0.25, -0.2) is 9.97 Å². The third-order valence-corrected chi connectivity index (χ3v) is 2.90. The van der Waals surface area contributed by atoms with Crippen LogP contribution in [0, 0.1) is 0 Å². The topological polar surface area (TPSA) is 55.3 Å². The molecule has 2 heterocycles. The van der Waals surface area contributed by atoms with Gasteiger partial charge in [0.1, 0.15) is 12.5 Å². The molecule has 8 heteroatoms. The smallest absolute Gasteiger partial charge is 0.397 e. The molecule has 0 aromatic carbocycles. The quantitative estimate of drug-likeness (QED) is 0.851. The lowest BCUT2D eigenvalue weighted by molar-refractivity contribution is -0.163. The van der Waals surface area contributed by atoms with Crippen molar-refractivity contribution in [2.24, 2.45) is 0 Å². The molecule has 1 saturated heterocycles. The fourth-order valence-corrected chi connectivity index (χ4v) is 2.04. The van der Waals surface area contributed by atoms with Crippen LogP contribution in [0.1, 0.15) is 19.3 Å².